The van der Waals surface area contributed by atoms with E-state index in [0.717, 1.165) is 24.5 Å². The molecule has 2 heterocycles. The lowest BCUT2D eigenvalue weighted by Crippen LogP contribution is -2.42. The number of nitrogen functional groups attached to an aromatic ring is 1. The van der Waals surface area contributed by atoms with E-state index in [1.165, 1.54) is 17.8 Å². The van der Waals surface area contributed by atoms with Crippen molar-refractivity contribution < 1.29 is 9.53 Å². The lowest BCUT2D eigenvalue weighted by Gasteiger charge is -2.35. The minimum absolute atomic E-state index is 0.349. The van der Waals surface area contributed by atoms with E-state index >= 15 is 0 Å². The fraction of sp³-hybridized carbons (Fsp3) is 0.636. The number of hydrogen-bond donors (Lipinski definition) is 2. The Kier molecular flexibility index (Phi) is 4.51. The van der Waals surface area contributed by atoms with Crippen molar-refractivity contribution in [3.8, 4) is 0 Å². The number of ether oxygens (including phenoxy) is 1. The zero-order valence-corrected chi connectivity index (χ0v) is 11.2. The molecule has 3 N–H and O–H groups in total. The molecule has 0 radical (unpaired) electrons. The van der Waals surface area contributed by atoms with Gasteiger partial charge in [0.25, 0.3) is 5.91 Å². The Morgan fingerprint density at radius 2 is 2.56 bits per heavy atom. The van der Waals surface area contributed by atoms with Crippen LogP contribution in [0.15, 0.2) is 5.38 Å². The van der Waals surface area contributed by atoms with Gasteiger partial charge in [-0.05, 0) is 19.3 Å². The highest BCUT2D eigenvalue weighted by Gasteiger charge is 2.25. The molecule has 1 unspecified atom stereocenters. The third kappa shape index (κ3) is 2.80. The summed E-state index contributed by atoms with van der Waals surface area (Å²) >= 11 is 1.47. The number of anilines is 1. The molecule has 0 saturated carbocycles. The first kappa shape index (κ1) is 13.3. The summed E-state index contributed by atoms with van der Waals surface area (Å²) in [5.41, 5.74) is 2.47. The molecule has 2 rings (SSSR count). The average Bonchev–Trinajstić information content (AvgIpc) is 2.88. The van der Waals surface area contributed by atoms with E-state index in [4.69, 9.17) is 10.6 Å². The van der Waals surface area contributed by atoms with E-state index in [0.29, 0.717) is 18.3 Å². The number of nitrogens with zero attached hydrogens (tertiary/aromatic N) is 2. The number of nitrogens with two attached hydrogens (primary N) is 1. The minimum Gasteiger partial charge on any atom is -0.383 e. The van der Waals surface area contributed by atoms with Gasteiger partial charge in [0.05, 0.1) is 12.6 Å². The van der Waals surface area contributed by atoms with E-state index < -0.39 is 0 Å². The molecule has 1 aromatic heterocycles. The van der Waals surface area contributed by atoms with Gasteiger partial charge >= 0.3 is 0 Å². The molecule has 7 heteroatoms. The Labute approximate surface area is 110 Å². The molecule has 18 heavy (non-hydrogen) atoms. The van der Waals surface area contributed by atoms with Gasteiger partial charge in [0.2, 0.25) is 0 Å². The highest BCUT2D eigenvalue weighted by Crippen LogP contribution is 2.28. The number of carbonyl (C=O) groups excluding carboxylic acids is 1. The van der Waals surface area contributed by atoms with Crippen LogP contribution in [0.4, 0.5) is 5.13 Å². The number of nitrogens with one attached hydrogen (secondary N) is 1. The van der Waals surface area contributed by atoms with Gasteiger partial charge in [0, 0.05) is 19.0 Å². The van der Waals surface area contributed by atoms with Crippen LogP contribution in [0.25, 0.3) is 0 Å². The summed E-state index contributed by atoms with van der Waals surface area (Å²) in [4.78, 5) is 17.9. The Morgan fingerprint density at radius 3 is 3.28 bits per heavy atom. The Bertz CT molecular complexity index is 408. The predicted octanol–water partition coefficient (Wildman–Crippen LogP) is 0.752. The van der Waals surface area contributed by atoms with Crippen molar-refractivity contribution in [1.29, 1.82) is 0 Å². The molecule has 0 aromatic carbocycles. The molecular weight excluding hydrogens is 252 g/mol. The largest absolute Gasteiger partial charge is 0.383 e. The number of carbonyl (C=O) groups is 1. The van der Waals surface area contributed by atoms with E-state index in [9.17, 15) is 4.79 Å². The van der Waals surface area contributed by atoms with Crippen LogP contribution < -0.4 is 16.2 Å². The number of rotatable bonds is 4. The summed E-state index contributed by atoms with van der Waals surface area (Å²) in [6, 6.07) is 0.351. The van der Waals surface area contributed by atoms with Gasteiger partial charge in [-0.2, -0.15) is 0 Å². The van der Waals surface area contributed by atoms with Crippen LogP contribution in [0, 0.1) is 0 Å². The topological polar surface area (TPSA) is 80.5 Å². The van der Waals surface area contributed by atoms with Crippen molar-refractivity contribution in [2.75, 3.05) is 25.2 Å². The Morgan fingerprint density at radius 1 is 1.72 bits per heavy atom. The molecule has 1 amide bonds. The molecule has 1 atom stereocenters. The second-order valence-electron chi connectivity index (χ2n) is 4.29. The molecule has 0 bridgehead atoms. The summed E-state index contributed by atoms with van der Waals surface area (Å²) in [5.74, 6) is 4.75. The average molecular weight is 270 g/mol. The van der Waals surface area contributed by atoms with Crippen molar-refractivity contribution in [3.63, 3.8) is 0 Å². The van der Waals surface area contributed by atoms with Gasteiger partial charge in [-0.1, -0.05) is 0 Å². The van der Waals surface area contributed by atoms with Gasteiger partial charge in [0.1, 0.15) is 5.69 Å². The number of aromatic nitrogens is 1. The fourth-order valence-electron chi connectivity index (χ4n) is 2.19. The van der Waals surface area contributed by atoms with E-state index in [2.05, 4.69) is 15.3 Å². The van der Waals surface area contributed by atoms with Gasteiger partial charge in [0.15, 0.2) is 5.13 Å². The Balaban J connectivity index is 2.12. The molecule has 1 saturated heterocycles. The van der Waals surface area contributed by atoms with Crippen LogP contribution in [-0.4, -0.2) is 37.2 Å². The van der Waals surface area contributed by atoms with Crippen molar-refractivity contribution in [2.24, 2.45) is 5.84 Å². The second-order valence-corrected chi connectivity index (χ2v) is 5.12. The molecule has 1 aromatic rings. The fourth-order valence-corrected chi connectivity index (χ4v) is 3.10. The summed E-state index contributed by atoms with van der Waals surface area (Å²) in [5, 5.41) is 2.60. The van der Waals surface area contributed by atoms with E-state index in [1.807, 2.05) is 0 Å². The number of hydrogen-bond acceptors (Lipinski definition) is 6. The first-order chi connectivity index (χ1) is 8.76. The lowest BCUT2D eigenvalue weighted by molar-refractivity contribution is 0.0949. The molecule has 100 valence electrons. The summed E-state index contributed by atoms with van der Waals surface area (Å²) in [6.45, 7) is 1.66. The number of amides is 1. The standard InChI is InChI=1S/C11H18N4O2S/c1-17-6-8-4-2-3-5-15(8)11-13-9(7-18-11)10(16)14-12/h7-8H,2-6,12H2,1H3,(H,14,16). The molecule has 0 aliphatic carbocycles. The highest BCUT2D eigenvalue weighted by atomic mass is 32.1. The maximum Gasteiger partial charge on any atom is 0.284 e. The first-order valence-corrected chi connectivity index (χ1v) is 6.86. The zero-order valence-electron chi connectivity index (χ0n) is 10.4. The zero-order chi connectivity index (χ0) is 13.0. The first-order valence-electron chi connectivity index (χ1n) is 5.98. The highest BCUT2D eigenvalue weighted by molar-refractivity contribution is 7.13. The quantitative estimate of drug-likeness (QED) is 0.479. The summed E-state index contributed by atoms with van der Waals surface area (Å²) in [6.07, 6.45) is 3.47. The van der Waals surface area contributed by atoms with Crippen LogP contribution in [0.5, 0.6) is 0 Å². The van der Waals surface area contributed by atoms with Gasteiger partial charge in [-0.3, -0.25) is 10.2 Å². The van der Waals surface area contributed by atoms with Crippen LogP contribution in [0.2, 0.25) is 0 Å². The van der Waals surface area contributed by atoms with Crippen LogP contribution in [-0.2, 0) is 4.74 Å². The van der Waals surface area contributed by atoms with E-state index in [-0.39, 0.29) is 5.91 Å². The summed E-state index contributed by atoms with van der Waals surface area (Å²) in [7, 11) is 1.71. The van der Waals surface area contributed by atoms with Crippen molar-refractivity contribution in [1.82, 2.24) is 10.4 Å². The van der Waals surface area contributed by atoms with Gasteiger partial charge in [-0.15, -0.1) is 11.3 Å². The minimum atomic E-state index is -0.349. The SMILES string of the molecule is COCC1CCCCN1c1nc(C(=O)NN)cs1. The normalized spacial score (nSPS) is 19.9. The number of thiazole rings is 1. The molecule has 6 nitrogen and oxygen atoms in total. The summed E-state index contributed by atoms with van der Waals surface area (Å²) < 4.78 is 5.24. The number of piperidine rings is 1. The maximum atomic E-state index is 11.4. The molecule has 1 aliphatic rings. The van der Waals surface area contributed by atoms with Crippen molar-refractivity contribution >= 4 is 22.4 Å². The molecular formula is C11H18N4O2S. The van der Waals surface area contributed by atoms with Gasteiger partial charge in [-0.25, -0.2) is 10.8 Å². The van der Waals surface area contributed by atoms with Crippen molar-refractivity contribution in [3.05, 3.63) is 11.1 Å². The molecule has 1 aliphatic heterocycles. The van der Waals surface area contributed by atoms with Gasteiger partial charge < -0.3 is 9.64 Å². The van der Waals surface area contributed by atoms with Crippen LogP contribution in [0.3, 0.4) is 0 Å². The Hall–Kier alpha value is -1.18. The second kappa shape index (κ2) is 6.12. The van der Waals surface area contributed by atoms with E-state index in [1.54, 1.807) is 12.5 Å². The van der Waals surface area contributed by atoms with Crippen molar-refractivity contribution in [2.45, 2.75) is 25.3 Å². The third-order valence-electron chi connectivity index (χ3n) is 3.09. The predicted molar refractivity (Wildman–Crippen MR) is 70.6 cm³/mol. The number of methoxy groups -OCH3 is 1. The molecule has 1 fully saturated rings. The maximum absolute atomic E-state index is 11.4. The smallest absolute Gasteiger partial charge is 0.284 e. The lowest BCUT2D eigenvalue weighted by atomic mass is 10.0. The monoisotopic (exact) mass is 270 g/mol. The number of hydrazine groups is 1. The van der Waals surface area contributed by atoms with Crippen LogP contribution >= 0.6 is 11.3 Å². The van der Waals surface area contributed by atoms with Crippen LogP contribution in [0.1, 0.15) is 29.8 Å². The molecule has 0 spiro atoms. The third-order valence-corrected chi connectivity index (χ3v) is 3.97.